The Morgan fingerprint density at radius 3 is 1.00 bits per heavy atom. The second kappa shape index (κ2) is 8.85. The third-order valence-corrected chi connectivity index (χ3v) is 0. The molecular formula is C2H9NO3. The fraction of sp³-hybridized carbons (Fsp3) is 1.00. The second-order valence-corrected chi connectivity index (χ2v) is 0.268. The van der Waals surface area contributed by atoms with E-state index in [0.717, 1.165) is 0 Å². The maximum absolute atomic E-state index is 7.00. The van der Waals surface area contributed by atoms with Crippen LogP contribution in [0.3, 0.4) is 0 Å². The van der Waals surface area contributed by atoms with Crippen LogP contribution in [0.2, 0.25) is 0 Å². The first-order chi connectivity index (χ1) is 2.73. The van der Waals surface area contributed by atoms with E-state index >= 15 is 0 Å². The van der Waals surface area contributed by atoms with Gasteiger partial charge in [0.1, 0.15) is 0 Å². The third-order valence-electron chi connectivity index (χ3n) is 0. The minimum absolute atomic E-state index is 1.00. The molecule has 6 heavy (non-hydrogen) atoms. The molecule has 0 spiro atoms. The topological polar surface area (TPSA) is 63.9 Å². The second-order valence-electron chi connectivity index (χ2n) is 0.268. The standard InChI is InChI=1S/C2H6.H3NO3/c1-2;2-1(3)4/h1-2H3;2-4H. The van der Waals surface area contributed by atoms with Gasteiger partial charge in [0.05, 0.1) is 5.39 Å². The summed E-state index contributed by atoms with van der Waals surface area (Å²) in [7, 11) is 0. The molecule has 0 heterocycles. The van der Waals surface area contributed by atoms with E-state index in [2.05, 4.69) is 0 Å². The Hall–Kier alpha value is -0.160. The molecular weight excluding hydrogens is 86.0 g/mol. The van der Waals surface area contributed by atoms with Crippen molar-refractivity contribution in [2.75, 3.05) is 0 Å². The summed E-state index contributed by atoms with van der Waals surface area (Å²) in [5, 5.41) is 20.0. The summed E-state index contributed by atoms with van der Waals surface area (Å²) >= 11 is 0. The van der Waals surface area contributed by atoms with Crippen molar-refractivity contribution in [3.63, 3.8) is 0 Å². The molecule has 0 bridgehead atoms. The summed E-state index contributed by atoms with van der Waals surface area (Å²) in [4.78, 5) is 0. The molecule has 0 aromatic heterocycles. The fourth-order valence-corrected chi connectivity index (χ4v) is 0. The lowest BCUT2D eigenvalue weighted by atomic mass is 11.0. The average molecular weight is 95.1 g/mol. The fourth-order valence-electron chi connectivity index (χ4n) is 0. The molecule has 4 heteroatoms. The van der Waals surface area contributed by atoms with Gasteiger partial charge in [0.25, 0.3) is 0 Å². The monoisotopic (exact) mass is 95.1 g/mol. The van der Waals surface area contributed by atoms with Crippen molar-refractivity contribution in [3.8, 4) is 0 Å². The minimum Gasteiger partial charge on any atom is -0.266 e. The van der Waals surface area contributed by atoms with E-state index < -0.39 is 5.39 Å². The van der Waals surface area contributed by atoms with Crippen molar-refractivity contribution >= 4 is 0 Å². The minimum atomic E-state index is -1.00. The highest BCUT2D eigenvalue weighted by Crippen LogP contribution is 1.43. The summed E-state index contributed by atoms with van der Waals surface area (Å²) in [6.07, 6.45) is 0. The van der Waals surface area contributed by atoms with E-state index in [1.54, 1.807) is 0 Å². The molecule has 0 unspecified atom stereocenters. The zero-order chi connectivity index (χ0) is 5.58. The number of nitrogens with zero attached hydrogens (tertiary/aromatic N) is 1. The highest BCUT2D eigenvalue weighted by molar-refractivity contribution is 3.50. The highest BCUT2D eigenvalue weighted by Gasteiger charge is 1.64. The third kappa shape index (κ3) is 1210. The van der Waals surface area contributed by atoms with Gasteiger partial charge in [-0.1, -0.05) is 13.8 Å². The number of hydrogen-bond acceptors (Lipinski definition) is 4. The normalized spacial score (nSPS) is 7.00. The lowest BCUT2D eigenvalue weighted by Gasteiger charge is -1.84. The SMILES string of the molecule is CC.ON(O)O. The lowest BCUT2D eigenvalue weighted by Crippen LogP contribution is -2.04. The molecule has 0 saturated heterocycles. The molecule has 0 aromatic carbocycles. The van der Waals surface area contributed by atoms with Crippen LogP contribution in [0.5, 0.6) is 0 Å². The molecule has 0 atom stereocenters. The van der Waals surface area contributed by atoms with Crippen molar-refractivity contribution in [2.24, 2.45) is 0 Å². The van der Waals surface area contributed by atoms with Gasteiger partial charge in [-0.25, -0.2) is 0 Å². The molecule has 40 valence electrons. The first-order valence-electron chi connectivity index (χ1n) is 1.60. The van der Waals surface area contributed by atoms with Crippen LogP contribution in [0, 0.1) is 0 Å². The van der Waals surface area contributed by atoms with Gasteiger partial charge in [0.15, 0.2) is 0 Å². The van der Waals surface area contributed by atoms with Crippen LogP contribution in [0.1, 0.15) is 13.8 Å². The highest BCUT2D eigenvalue weighted by atomic mass is 17.0. The van der Waals surface area contributed by atoms with Crippen LogP contribution in [0.4, 0.5) is 0 Å². The van der Waals surface area contributed by atoms with E-state index in [-0.39, 0.29) is 0 Å². The zero-order valence-electron chi connectivity index (χ0n) is 3.79. The van der Waals surface area contributed by atoms with Crippen LogP contribution in [-0.4, -0.2) is 21.0 Å². The molecule has 0 radical (unpaired) electrons. The Balaban J connectivity index is 0. The van der Waals surface area contributed by atoms with E-state index in [1.807, 2.05) is 13.8 Å². The average Bonchev–Trinajstić information content (AvgIpc) is 1.41. The Kier molecular flexibility index (Phi) is 13.7. The smallest absolute Gasteiger partial charge is 0.0685 e. The Labute approximate surface area is 36.1 Å². The Morgan fingerprint density at radius 2 is 1.00 bits per heavy atom. The van der Waals surface area contributed by atoms with E-state index in [1.165, 1.54) is 0 Å². The molecule has 0 fully saturated rings. The number of hydrogen-bond donors (Lipinski definition) is 3. The first kappa shape index (κ1) is 9.28. The van der Waals surface area contributed by atoms with Gasteiger partial charge in [-0.05, 0) is 0 Å². The van der Waals surface area contributed by atoms with E-state index in [0.29, 0.717) is 0 Å². The van der Waals surface area contributed by atoms with Crippen LogP contribution >= 0.6 is 0 Å². The summed E-state index contributed by atoms with van der Waals surface area (Å²) in [6.45, 7) is 4.00. The van der Waals surface area contributed by atoms with Crippen LogP contribution < -0.4 is 0 Å². The number of rotatable bonds is 0. The van der Waals surface area contributed by atoms with Crippen molar-refractivity contribution in [1.29, 1.82) is 0 Å². The van der Waals surface area contributed by atoms with Crippen LogP contribution in [0.15, 0.2) is 0 Å². The Morgan fingerprint density at radius 1 is 1.00 bits per heavy atom. The maximum atomic E-state index is 7.00. The maximum Gasteiger partial charge on any atom is 0.0685 e. The molecule has 4 nitrogen and oxygen atoms in total. The van der Waals surface area contributed by atoms with E-state index in [9.17, 15) is 0 Å². The van der Waals surface area contributed by atoms with E-state index in [4.69, 9.17) is 15.6 Å². The van der Waals surface area contributed by atoms with Gasteiger partial charge in [-0.15, -0.1) is 0 Å². The molecule has 0 amide bonds. The van der Waals surface area contributed by atoms with Gasteiger partial charge in [0, 0.05) is 0 Å². The molecule has 0 rings (SSSR count). The van der Waals surface area contributed by atoms with Crippen LogP contribution in [0.25, 0.3) is 0 Å². The van der Waals surface area contributed by atoms with Crippen molar-refractivity contribution in [2.45, 2.75) is 13.8 Å². The summed E-state index contributed by atoms with van der Waals surface area (Å²) in [6, 6.07) is 0. The predicted octanol–water partition coefficient (Wildman–Crippen LogP) is 0.482. The zero-order valence-corrected chi connectivity index (χ0v) is 3.79. The quantitative estimate of drug-likeness (QED) is 0.383. The molecule has 3 N–H and O–H groups in total. The molecule has 0 aliphatic rings. The van der Waals surface area contributed by atoms with Gasteiger partial charge in [0.2, 0.25) is 0 Å². The lowest BCUT2D eigenvalue weighted by molar-refractivity contribution is -0.472. The molecule has 0 aliphatic heterocycles. The summed E-state index contributed by atoms with van der Waals surface area (Å²) in [5.74, 6) is 0. The van der Waals surface area contributed by atoms with Crippen molar-refractivity contribution in [3.05, 3.63) is 0 Å². The summed E-state index contributed by atoms with van der Waals surface area (Å²) < 4.78 is 0. The molecule has 0 aromatic rings. The van der Waals surface area contributed by atoms with Gasteiger partial charge < -0.3 is 0 Å². The Bertz CT molecular complexity index is 13.5. The molecule has 0 aliphatic carbocycles. The van der Waals surface area contributed by atoms with Gasteiger partial charge in [-0.2, -0.15) is 0 Å². The summed E-state index contributed by atoms with van der Waals surface area (Å²) in [5.41, 5.74) is 0. The predicted molar refractivity (Wildman–Crippen MR) is 18.5 cm³/mol. The van der Waals surface area contributed by atoms with Gasteiger partial charge >= 0.3 is 0 Å². The van der Waals surface area contributed by atoms with Crippen molar-refractivity contribution < 1.29 is 15.6 Å². The van der Waals surface area contributed by atoms with Crippen LogP contribution in [-0.2, 0) is 0 Å². The first-order valence-corrected chi connectivity index (χ1v) is 1.60. The van der Waals surface area contributed by atoms with Gasteiger partial charge in [-0.3, -0.25) is 15.6 Å². The largest absolute Gasteiger partial charge is 0.266 e. The molecule has 0 saturated carbocycles. The van der Waals surface area contributed by atoms with Crippen molar-refractivity contribution in [1.82, 2.24) is 5.39 Å².